The second kappa shape index (κ2) is 4.41. The van der Waals surface area contributed by atoms with E-state index < -0.39 is 0 Å². The van der Waals surface area contributed by atoms with Crippen LogP contribution in [0.1, 0.15) is 0 Å². The maximum absolute atomic E-state index is 3.21. The van der Waals surface area contributed by atoms with Crippen molar-refractivity contribution in [3.8, 4) is 0 Å². The number of halogens is 1. The summed E-state index contributed by atoms with van der Waals surface area (Å²) in [6, 6.07) is 10.3. The van der Waals surface area contributed by atoms with E-state index in [-0.39, 0.29) is 24.0 Å². The predicted molar refractivity (Wildman–Crippen MR) is 50.1 cm³/mol. The van der Waals surface area contributed by atoms with Gasteiger partial charge in [0.25, 0.3) is 0 Å². The van der Waals surface area contributed by atoms with E-state index in [4.69, 9.17) is 0 Å². The lowest BCUT2D eigenvalue weighted by atomic mass is 10.2. The third-order valence-corrected chi connectivity index (χ3v) is 1.97. The Morgan fingerprint density at radius 3 is 2.69 bits per heavy atom. The van der Waals surface area contributed by atoms with Crippen molar-refractivity contribution in [2.45, 2.75) is 0 Å². The van der Waals surface area contributed by atoms with Crippen molar-refractivity contribution in [2.24, 2.45) is 0 Å². The largest absolute Gasteiger partial charge is 1.00 e. The monoisotopic (exact) mass is 286 g/mol. The Bertz CT molecular complexity index is 396. The molecule has 2 aromatic rings. The number of para-hydroxylation sites is 1. The summed E-state index contributed by atoms with van der Waals surface area (Å²) in [6.07, 6.45) is 1.93. The normalized spacial score (nSPS) is 9.31. The highest BCUT2D eigenvalue weighted by atomic mass is 127. The van der Waals surface area contributed by atoms with Crippen LogP contribution in [0.3, 0.4) is 0 Å². The number of pyridine rings is 1. The smallest absolute Gasteiger partial charge is 0.234 e. The van der Waals surface area contributed by atoms with Crippen LogP contribution in [0.5, 0.6) is 0 Å². The van der Waals surface area contributed by atoms with E-state index in [9.17, 15) is 0 Å². The highest BCUT2D eigenvalue weighted by molar-refractivity contribution is 5.87. The first-order valence-electron chi connectivity index (χ1n) is 3.99. The fourth-order valence-corrected chi connectivity index (χ4v) is 1.36. The lowest BCUT2D eigenvalue weighted by Crippen LogP contribution is -3.00. The molecule has 0 saturated heterocycles. The van der Waals surface area contributed by atoms with Crippen LogP contribution in [0.4, 0.5) is 5.69 Å². The van der Waals surface area contributed by atoms with E-state index >= 15 is 0 Å². The van der Waals surface area contributed by atoms with Gasteiger partial charge >= 0.3 is 0 Å². The van der Waals surface area contributed by atoms with E-state index in [1.54, 1.807) is 0 Å². The number of aromatic amines is 1. The third kappa shape index (κ3) is 1.91. The van der Waals surface area contributed by atoms with Gasteiger partial charge in [-0.1, -0.05) is 6.07 Å². The van der Waals surface area contributed by atoms with Crippen molar-refractivity contribution in [2.75, 3.05) is 12.4 Å². The number of rotatable bonds is 1. The van der Waals surface area contributed by atoms with Crippen molar-refractivity contribution >= 4 is 16.6 Å². The molecule has 1 heterocycles. The molecule has 0 aliphatic carbocycles. The molecular formula is C10H11IN2. The molecule has 68 valence electrons. The van der Waals surface area contributed by atoms with E-state index in [2.05, 4.69) is 28.5 Å². The molecule has 1 aromatic carbocycles. The van der Waals surface area contributed by atoms with E-state index in [0.717, 1.165) is 11.2 Å². The zero-order valence-corrected chi connectivity index (χ0v) is 9.50. The quantitative estimate of drug-likeness (QED) is 0.648. The average molecular weight is 286 g/mol. The Hall–Kier alpha value is -0.840. The molecule has 2 nitrogen and oxygen atoms in total. The third-order valence-electron chi connectivity index (χ3n) is 1.97. The van der Waals surface area contributed by atoms with Gasteiger partial charge in [0, 0.05) is 18.5 Å². The first-order valence-corrected chi connectivity index (χ1v) is 3.99. The summed E-state index contributed by atoms with van der Waals surface area (Å²) in [7, 11) is 1.93. The number of hydrogen-bond donors (Lipinski definition) is 1. The average Bonchev–Trinajstić information content (AvgIpc) is 2.17. The number of fused-ring (bicyclic) bond motifs is 1. The van der Waals surface area contributed by atoms with Gasteiger partial charge in [-0.3, -0.25) is 0 Å². The summed E-state index contributed by atoms with van der Waals surface area (Å²) in [5.41, 5.74) is 2.29. The molecular weight excluding hydrogens is 275 g/mol. The van der Waals surface area contributed by atoms with Crippen molar-refractivity contribution in [3.63, 3.8) is 0 Å². The van der Waals surface area contributed by atoms with Gasteiger partial charge in [-0.25, -0.2) is 4.98 Å². The van der Waals surface area contributed by atoms with Gasteiger partial charge in [-0.05, 0) is 18.2 Å². The fourth-order valence-electron chi connectivity index (χ4n) is 1.36. The molecule has 0 spiro atoms. The van der Waals surface area contributed by atoms with Crippen LogP contribution in [-0.2, 0) is 0 Å². The zero-order chi connectivity index (χ0) is 8.39. The minimum atomic E-state index is 0. The summed E-state index contributed by atoms with van der Waals surface area (Å²) < 4.78 is 0. The summed E-state index contributed by atoms with van der Waals surface area (Å²) in [4.78, 5) is 3.21. The van der Waals surface area contributed by atoms with Gasteiger partial charge in [-0.2, -0.15) is 0 Å². The molecule has 0 unspecified atom stereocenters. The van der Waals surface area contributed by atoms with Gasteiger partial charge in [0.2, 0.25) is 5.52 Å². The number of aromatic nitrogens is 1. The SMILES string of the molecule is CNc1cccc2ccc[nH+]c12.[I-]. The predicted octanol–water partition coefficient (Wildman–Crippen LogP) is -1.30. The van der Waals surface area contributed by atoms with Crippen molar-refractivity contribution in [3.05, 3.63) is 36.5 Å². The molecule has 0 saturated carbocycles. The van der Waals surface area contributed by atoms with Crippen molar-refractivity contribution in [1.29, 1.82) is 0 Å². The van der Waals surface area contributed by atoms with Gasteiger partial charge in [0.15, 0.2) is 6.20 Å². The maximum atomic E-state index is 3.21. The molecule has 3 heteroatoms. The number of hydrogen-bond acceptors (Lipinski definition) is 1. The summed E-state index contributed by atoms with van der Waals surface area (Å²) >= 11 is 0. The Labute approximate surface area is 94.4 Å². The van der Waals surface area contributed by atoms with Gasteiger partial charge < -0.3 is 29.3 Å². The minimum absolute atomic E-state index is 0. The van der Waals surface area contributed by atoms with E-state index in [1.807, 2.05) is 25.4 Å². The first-order chi connectivity index (χ1) is 5.92. The molecule has 0 aliphatic rings. The molecule has 0 aliphatic heterocycles. The topological polar surface area (TPSA) is 26.2 Å². The zero-order valence-electron chi connectivity index (χ0n) is 7.34. The highest BCUT2D eigenvalue weighted by Gasteiger charge is 2.02. The molecule has 1 aromatic heterocycles. The van der Waals surface area contributed by atoms with Gasteiger partial charge in [-0.15, -0.1) is 0 Å². The van der Waals surface area contributed by atoms with Gasteiger partial charge in [0.1, 0.15) is 5.69 Å². The Balaban J connectivity index is 0.000000845. The molecule has 0 fully saturated rings. The minimum Gasteiger partial charge on any atom is -1.00 e. The van der Waals surface area contributed by atoms with Crippen LogP contribution in [0.25, 0.3) is 10.9 Å². The van der Waals surface area contributed by atoms with Crippen LogP contribution in [0.15, 0.2) is 36.5 Å². The standard InChI is InChI=1S/C10H10N2.HI/c1-11-9-6-2-4-8-5-3-7-12-10(8)9;/h2-7,11H,1H3;1H. The molecule has 0 atom stereocenters. The molecule has 2 N–H and O–H groups in total. The van der Waals surface area contributed by atoms with Crippen LogP contribution < -0.4 is 34.3 Å². The maximum Gasteiger partial charge on any atom is 0.234 e. The molecule has 0 bridgehead atoms. The van der Waals surface area contributed by atoms with Crippen LogP contribution in [-0.4, -0.2) is 7.05 Å². The Morgan fingerprint density at radius 2 is 1.92 bits per heavy atom. The number of nitrogens with one attached hydrogen (secondary N) is 2. The second-order valence-electron chi connectivity index (χ2n) is 2.69. The van der Waals surface area contributed by atoms with E-state index in [0.29, 0.717) is 0 Å². The molecule has 0 amide bonds. The molecule has 13 heavy (non-hydrogen) atoms. The van der Waals surface area contributed by atoms with Crippen LogP contribution >= 0.6 is 0 Å². The summed E-state index contributed by atoms with van der Waals surface area (Å²) in [5, 5.41) is 4.36. The second-order valence-corrected chi connectivity index (χ2v) is 2.69. The highest BCUT2D eigenvalue weighted by Crippen LogP contribution is 2.16. The van der Waals surface area contributed by atoms with Crippen molar-refractivity contribution in [1.82, 2.24) is 0 Å². The fraction of sp³-hybridized carbons (Fsp3) is 0.100. The Kier molecular flexibility index (Phi) is 3.48. The van der Waals surface area contributed by atoms with Crippen LogP contribution in [0, 0.1) is 0 Å². The number of H-pyrrole nitrogens is 1. The summed E-state index contributed by atoms with van der Waals surface area (Å²) in [6.45, 7) is 0. The van der Waals surface area contributed by atoms with E-state index in [1.165, 1.54) is 5.39 Å². The molecule has 2 rings (SSSR count). The van der Waals surface area contributed by atoms with Crippen molar-refractivity contribution < 1.29 is 29.0 Å². The number of benzene rings is 1. The van der Waals surface area contributed by atoms with Gasteiger partial charge in [0.05, 0.1) is 0 Å². The lowest BCUT2D eigenvalue weighted by molar-refractivity contribution is -0.344. The number of anilines is 1. The van der Waals surface area contributed by atoms with Crippen LogP contribution in [0.2, 0.25) is 0 Å². The Morgan fingerprint density at radius 1 is 1.15 bits per heavy atom. The summed E-state index contributed by atoms with van der Waals surface area (Å²) in [5.74, 6) is 0. The molecule has 0 radical (unpaired) electrons. The first kappa shape index (κ1) is 10.2. The lowest BCUT2D eigenvalue weighted by Gasteiger charge is -1.98.